The molecule has 1 fully saturated rings. The zero-order chi connectivity index (χ0) is 71.9. The summed E-state index contributed by atoms with van der Waals surface area (Å²) in [5, 5.41) is 29.1. The lowest BCUT2D eigenvalue weighted by molar-refractivity contribution is -0.147. The largest absolute Gasteiger partial charge is 0.524 e. The van der Waals surface area contributed by atoms with E-state index in [1.165, 1.54) is 13.8 Å². The van der Waals surface area contributed by atoms with Crippen LogP contribution in [0.25, 0.3) is 22.0 Å². The number of hydrogen-bond donors (Lipinski definition) is 6. The lowest BCUT2D eigenvalue weighted by Crippen LogP contribution is -2.43. The summed E-state index contributed by atoms with van der Waals surface area (Å²) < 4.78 is 220. The Balaban J connectivity index is 1.35. The van der Waals surface area contributed by atoms with Crippen LogP contribution in [0.1, 0.15) is 121 Å². The van der Waals surface area contributed by atoms with Crippen LogP contribution in [0.2, 0.25) is 5.02 Å². The molecule has 1 saturated carbocycles. The maximum atomic E-state index is 15.8. The Morgan fingerprint density at radius 3 is 2.05 bits per heavy atom. The molecule has 0 radical (unpaired) electrons. The highest BCUT2D eigenvalue weighted by atomic mass is 35.5. The van der Waals surface area contributed by atoms with Crippen LogP contribution >= 0.6 is 19.4 Å². The molecule has 0 unspecified atom stereocenters. The van der Waals surface area contributed by atoms with Crippen LogP contribution in [-0.2, 0) is 91.8 Å². The van der Waals surface area contributed by atoms with Gasteiger partial charge in [0.05, 0.1) is 46.8 Å². The SMILES string of the molecule is CC(=O)c1cc(CC(=O)N[C@@H](CC(=O)O)C(=O)O)c(C(C)(C)CC(=O)N(c2nn(CC(F)(F)F)c3c(-c4ccc(C#CC(C)(C)S(C)(=O)=O)nc4[C@H](Cc4cc(F)cc(F)c4)NC(=O)Cn4nc(C(F)(F)F)c5c4C(F)(F)[C@@H]4C[C@H]54)ccc(Cl)c23)S(C)(=O)=O)c(OP(=O)(O)O)c1. The first kappa shape index (κ1) is 73.3. The number of carboxylic acids is 2. The van der Waals surface area contributed by atoms with E-state index < -0.39 is 250 Å². The number of sulfone groups is 1. The zero-order valence-corrected chi connectivity index (χ0v) is 54.0. The summed E-state index contributed by atoms with van der Waals surface area (Å²) in [5.74, 6) is -15.2. The molecule has 516 valence electrons. The van der Waals surface area contributed by atoms with Crippen molar-refractivity contribution in [2.24, 2.45) is 5.92 Å². The predicted octanol–water partition coefficient (Wildman–Crippen LogP) is 8.21. The van der Waals surface area contributed by atoms with Crippen molar-refractivity contribution in [1.29, 1.82) is 0 Å². The summed E-state index contributed by atoms with van der Waals surface area (Å²) >= 11 is 6.81. The first-order valence-electron chi connectivity index (χ1n) is 27.9. The first-order chi connectivity index (χ1) is 43.9. The van der Waals surface area contributed by atoms with Crippen molar-refractivity contribution in [2.75, 3.05) is 16.8 Å². The highest BCUT2D eigenvalue weighted by Gasteiger charge is 2.68. The first-order valence-corrected chi connectivity index (χ1v) is 33.5. The molecule has 0 spiro atoms. The lowest BCUT2D eigenvalue weighted by Gasteiger charge is -2.31. The standard InChI is InChI=1S/C58H54ClF10N8O16PS2/c1-26(78)28-17-29(19-41(79)72-39(53(84)85)22-44(82)83)47(40(18-28)93-94(86,87)88)54(2,3)23-43(81)77(96(7,91)92)52-46-37(59)11-10-34(49(46)76(74-52)25-56(62,63)64)33-9-8-32(12-13-55(4,5)95(6,89)90)70-48(33)38(16-27-14-30(60)20-31(61)15-27)71-42(80)24-75-51-45(50(73-75)58(67,68)69)35-21-36(35)57(51,65)66/h8-11,14-15,17-18,20,35-36,38-39H,16,19,21-25H2,1-7H3,(H,71,80)(H,72,79)(H,82,83)(H,84,85)(H2,86,87,88)/t35-,36+,38-,39-/m0/s1. The number of pyridine rings is 1. The summed E-state index contributed by atoms with van der Waals surface area (Å²) in [6.45, 7) is 1.90. The summed E-state index contributed by atoms with van der Waals surface area (Å²) in [4.78, 5) is 104. The Bertz CT molecular complexity index is 4600. The molecule has 2 aliphatic rings. The molecule has 3 heterocycles. The number of carbonyl (C=O) groups is 6. The van der Waals surface area contributed by atoms with Crippen molar-refractivity contribution < 1.29 is 119 Å². The molecule has 0 saturated heterocycles. The summed E-state index contributed by atoms with van der Waals surface area (Å²) in [6, 6.07) is 3.55. The van der Waals surface area contributed by atoms with Gasteiger partial charge in [-0.1, -0.05) is 37.4 Å². The van der Waals surface area contributed by atoms with Crippen LogP contribution in [0.5, 0.6) is 5.75 Å². The number of phosphoric ester groups is 1. The fourth-order valence-electron chi connectivity index (χ4n) is 11.2. The summed E-state index contributed by atoms with van der Waals surface area (Å²) in [5.41, 5.74) is -10.7. The molecule has 8 rings (SSSR count). The molecule has 4 atom stereocenters. The average molecular weight is 1440 g/mol. The molecule has 38 heteroatoms. The third-order valence-corrected chi connectivity index (χ3v) is 19.2. The van der Waals surface area contributed by atoms with Gasteiger partial charge in [-0.25, -0.2) is 40.0 Å². The second-order valence-electron chi connectivity index (χ2n) is 23.9. The molecular formula is C58H54ClF10N8O16PS2. The van der Waals surface area contributed by atoms with Crippen LogP contribution in [0.4, 0.5) is 49.7 Å². The number of alkyl halides is 8. The van der Waals surface area contributed by atoms with E-state index in [1.54, 1.807) is 0 Å². The van der Waals surface area contributed by atoms with E-state index in [0.29, 0.717) is 12.3 Å². The number of halogens is 11. The molecule has 3 aromatic carbocycles. The summed E-state index contributed by atoms with van der Waals surface area (Å²) in [6.07, 6.45) is -14.2. The van der Waals surface area contributed by atoms with Gasteiger partial charge in [-0.05, 0) is 99.0 Å². The van der Waals surface area contributed by atoms with Crippen molar-refractivity contribution in [3.63, 3.8) is 0 Å². The number of rotatable bonds is 23. The fourth-order valence-corrected chi connectivity index (χ4v) is 12.9. The number of ketones is 1. The lowest BCUT2D eigenvalue weighted by atomic mass is 9.76. The Kier molecular flexibility index (Phi) is 19.7. The highest BCUT2D eigenvalue weighted by Crippen LogP contribution is 2.68. The smallest absolute Gasteiger partial charge is 0.481 e. The molecule has 24 nitrogen and oxygen atoms in total. The van der Waals surface area contributed by atoms with E-state index in [0.717, 1.165) is 75.6 Å². The molecule has 0 aliphatic heterocycles. The van der Waals surface area contributed by atoms with Crippen LogP contribution < -0.4 is 19.5 Å². The maximum absolute atomic E-state index is 15.8. The minimum atomic E-state index is -5.74. The van der Waals surface area contributed by atoms with Gasteiger partial charge in [0, 0.05) is 57.9 Å². The molecule has 6 N–H and O–H groups in total. The number of carbonyl (C=O) groups excluding carboxylic acids is 4. The second kappa shape index (κ2) is 25.8. The van der Waals surface area contributed by atoms with Gasteiger partial charge in [-0.15, -0.1) is 0 Å². The van der Waals surface area contributed by atoms with Crippen LogP contribution in [0.3, 0.4) is 0 Å². The van der Waals surface area contributed by atoms with Gasteiger partial charge in [-0.2, -0.15) is 49.6 Å². The van der Waals surface area contributed by atoms with Gasteiger partial charge in [0.25, 0.3) is 5.92 Å². The van der Waals surface area contributed by atoms with Gasteiger partial charge >= 0.3 is 32.1 Å². The third-order valence-electron chi connectivity index (χ3n) is 15.5. The molecular weight excluding hydrogens is 1390 g/mol. The van der Waals surface area contributed by atoms with Crippen molar-refractivity contribution in [3.05, 3.63) is 122 Å². The topological polar surface area (TPSA) is 354 Å². The monoisotopic (exact) mass is 1440 g/mol. The molecule has 3 amide bonds. The van der Waals surface area contributed by atoms with E-state index in [9.17, 15) is 78.5 Å². The highest BCUT2D eigenvalue weighted by molar-refractivity contribution is 7.93. The van der Waals surface area contributed by atoms with Crippen LogP contribution in [-0.4, -0.2) is 126 Å². The van der Waals surface area contributed by atoms with Crippen molar-refractivity contribution in [2.45, 2.75) is 126 Å². The van der Waals surface area contributed by atoms with Gasteiger partial charge in [-0.3, -0.25) is 43.1 Å². The number of Topliss-reactive ketones (excluding diaryl/α,β-unsaturated/α-hetero) is 1. The van der Waals surface area contributed by atoms with Gasteiger partial charge in [0.2, 0.25) is 27.7 Å². The number of anilines is 1. The maximum Gasteiger partial charge on any atom is 0.524 e. The number of nitrogens with one attached hydrogen (secondary N) is 2. The molecule has 2 aliphatic carbocycles. The fraction of sp³-hybridized carbons (Fsp3) is 0.397. The predicted molar refractivity (Wildman–Crippen MR) is 317 cm³/mol. The number of fused-ring (bicyclic) bond motifs is 4. The normalized spacial score (nSPS) is 16.2. The Morgan fingerprint density at radius 1 is 0.875 bits per heavy atom. The van der Waals surface area contributed by atoms with E-state index in [-0.39, 0.29) is 25.7 Å². The molecule has 96 heavy (non-hydrogen) atoms. The Hall–Kier alpha value is -8.49. The van der Waals surface area contributed by atoms with E-state index in [4.69, 9.17) is 16.1 Å². The van der Waals surface area contributed by atoms with Gasteiger partial charge in [0.15, 0.2) is 27.1 Å². The van der Waals surface area contributed by atoms with E-state index in [2.05, 4.69) is 32.3 Å². The molecule has 0 bridgehead atoms. The number of sulfonamides is 1. The van der Waals surface area contributed by atoms with E-state index >= 15 is 35.5 Å². The molecule has 3 aromatic heterocycles. The second-order valence-corrected chi connectivity index (χ2v) is 29.8. The van der Waals surface area contributed by atoms with Gasteiger partial charge in [0.1, 0.15) is 52.7 Å². The van der Waals surface area contributed by atoms with Gasteiger partial charge < -0.3 is 25.4 Å². The number of carboxylic acid groups (broad SMARTS) is 2. The third kappa shape index (κ3) is 16.0. The summed E-state index contributed by atoms with van der Waals surface area (Å²) in [7, 11) is -15.0. The zero-order valence-electron chi connectivity index (χ0n) is 50.7. The van der Waals surface area contributed by atoms with Crippen LogP contribution in [0.15, 0.2) is 54.6 Å². The molecule has 6 aromatic rings. The Morgan fingerprint density at radius 2 is 1.50 bits per heavy atom. The van der Waals surface area contributed by atoms with E-state index in [1.807, 2.05) is 5.32 Å². The number of nitrogens with zero attached hydrogens (tertiary/aromatic N) is 6. The van der Waals surface area contributed by atoms with Crippen molar-refractivity contribution in [1.82, 2.24) is 35.2 Å². The number of phosphoric acid groups is 1. The Labute approximate surface area is 542 Å². The minimum absolute atomic E-state index is 0.114. The van der Waals surface area contributed by atoms with Crippen molar-refractivity contribution >= 4 is 91.4 Å². The number of amides is 3. The number of aromatic nitrogens is 5. The van der Waals surface area contributed by atoms with Crippen LogP contribution in [0, 0.1) is 29.4 Å². The average Bonchev–Trinajstić information content (AvgIpc) is 1.52. The number of aliphatic carboxylic acids is 2. The minimum Gasteiger partial charge on any atom is -0.481 e. The quantitative estimate of drug-likeness (QED) is 0.0152. The van der Waals surface area contributed by atoms with Crippen molar-refractivity contribution in [3.8, 4) is 28.7 Å². The number of hydrogen-bond acceptors (Lipinski definition) is 15. The number of benzene rings is 3.